The second kappa shape index (κ2) is 3.79. The standard InChI is InChI=1S/C9H14N4O/c1-7-8(14)6-11-9(12-7)13-4-2-10-3-5-13/h6,10,14H,2-5H2,1H3. The van der Waals surface area contributed by atoms with E-state index in [4.69, 9.17) is 0 Å². The fraction of sp³-hybridized carbons (Fsp3) is 0.556. The van der Waals surface area contributed by atoms with Gasteiger partial charge in [-0.05, 0) is 6.92 Å². The molecule has 0 atom stereocenters. The molecule has 2 rings (SSSR count). The number of aromatic hydroxyl groups is 1. The van der Waals surface area contributed by atoms with Crippen LogP contribution in [0.25, 0.3) is 0 Å². The largest absolute Gasteiger partial charge is 0.504 e. The summed E-state index contributed by atoms with van der Waals surface area (Å²) in [6.07, 6.45) is 1.46. The van der Waals surface area contributed by atoms with Crippen molar-refractivity contribution in [3.63, 3.8) is 0 Å². The maximum atomic E-state index is 9.29. The summed E-state index contributed by atoms with van der Waals surface area (Å²) in [6, 6.07) is 0. The van der Waals surface area contributed by atoms with Gasteiger partial charge in [0.25, 0.3) is 0 Å². The summed E-state index contributed by atoms with van der Waals surface area (Å²) in [7, 11) is 0. The highest BCUT2D eigenvalue weighted by Crippen LogP contribution is 2.15. The molecule has 14 heavy (non-hydrogen) atoms. The summed E-state index contributed by atoms with van der Waals surface area (Å²) >= 11 is 0. The van der Waals surface area contributed by atoms with Crippen molar-refractivity contribution in [1.29, 1.82) is 0 Å². The van der Waals surface area contributed by atoms with Gasteiger partial charge in [-0.2, -0.15) is 0 Å². The molecule has 0 saturated carbocycles. The highest BCUT2D eigenvalue weighted by atomic mass is 16.3. The molecule has 5 nitrogen and oxygen atoms in total. The second-order valence-corrected chi connectivity index (χ2v) is 3.38. The minimum Gasteiger partial charge on any atom is -0.504 e. The second-order valence-electron chi connectivity index (χ2n) is 3.38. The molecule has 2 heterocycles. The predicted octanol–water partition coefficient (Wildman–Crippen LogP) is -0.0998. The number of nitrogens with zero attached hydrogens (tertiary/aromatic N) is 3. The van der Waals surface area contributed by atoms with Crippen LogP contribution in [0, 0.1) is 6.92 Å². The molecular weight excluding hydrogens is 180 g/mol. The fourth-order valence-corrected chi connectivity index (χ4v) is 1.47. The van der Waals surface area contributed by atoms with Gasteiger partial charge in [-0.1, -0.05) is 0 Å². The minimum absolute atomic E-state index is 0.156. The van der Waals surface area contributed by atoms with Crippen molar-refractivity contribution in [3.8, 4) is 5.75 Å². The van der Waals surface area contributed by atoms with Crippen LogP contribution in [-0.4, -0.2) is 41.3 Å². The zero-order valence-electron chi connectivity index (χ0n) is 8.19. The van der Waals surface area contributed by atoms with Crippen LogP contribution in [0.1, 0.15) is 5.69 Å². The number of rotatable bonds is 1. The average molecular weight is 194 g/mol. The van der Waals surface area contributed by atoms with Crippen molar-refractivity contribution in [1.82, 2.24) is 15.3 Å². The highest BCUT2D eigenvalue weighted by molar-refractivity contribution is 5.35. The van der Waals surface area contributed by atoms with Crippen LogP contribution in [0.5, 0.6) is 5.75 Å². The lowest BCUT2D eigenvalue weighted by Crippen LogP contribution is -2.44. The lowest BCUT2D eigenvalue weighted by atomic mass is 10.4. The number of hydrogen-bond acceptors (Lipinski definition) is 5. The monoisotopic (exact) mass is 194 g/mol. The molecular formula is C9H14N4O. The third-order valence-corrected chi connectivity index (χ3v) is 2.34. The smallest absolute Gasteiger partial charge is 0.225 e. The van der Waals surface area contributed by atoms with E-state index in [1.54, 1.807) is 6.92 Å². The first-order valence-electron chi connectivity index (χ1n) is 4.75. The van der Waals surface area contributed by atoms with E-state index in [9.17, 15) is 5.11 Å². The SMILES string of the molecule is Cc1nc(N2CCNCC2)ncc1O. The highest BCUT2D eigenvalue weighted by Gasteiger charge is 2.13. The molecule has 1 saturated heterocycles. The van der Waals surface area contributed by atoms with Gasteiger partial charge in [0.15, 0.2) is 5.75 Å². The Hall–Kier alpha value is -1.36. The van der Waals surface area contributed by atoms with E-state index in [0.29, 0.717) is 11.6 Å². The molecule has 0 unspecified atom stereocenters. The molecule has 0 amide bonds. The molecule has 76 valence electrons. The van der Waals surface area contributed by atoms with E-state index in [1.165, 1.54) is 6.20 Å². The molecule has 0 radical (unpaired) electrons. The van der Waals surface area contributed by atoms with Crippen molar-refractivity contribution in [2.75, 3.05) is 31.1 Å². The van der Waals surface area contributed by atoms with Crippen molar-refractivity contribution in [2.24, 2.45) is 0 Å². The van der Waals surface area contributed by atoms with Crippen molar-refractivity contribution < 1.29 is 5.11 Å². The maximum Gasteiger partial charge on any atom is 0.225 e. The van der Waals surface area contributed by atoms with E-state index in [1.807, 2.05) is 0 Å². The predicted molar refractivity (Wildman–Crippen MR) is 53.5 cm³/mol. The molecule has 1 aliphatic rings. The number of aromatic nitrogens is 2. The van der Waals surface area contributed by atoms with Crippen LogP contribution >= 0.6 is 0 Å². The minimum atomic E-state index is 0.156. The third-order valence-electron chi connectivity index (χ3n) is 2.34. The normalized spacial score (nSPS) is 17.1. The molecule has 5 heteroatoms. The zero-order valence-corrected chi connectivity index (χ0v) is 8.19. The number of anilines is 1. The topological polar surface area (TPSA) is 61.3 Å². The van der Waals surface area contributed by atoms with Gasteiger partial charge in [0.1, 0.15) is 0 Å². The van der Waals surface area contributed by atoms with E-state index in [0.717, 1.165) is 26.2 Å². The van der Waals surface area contributed by atoms with Gasteiger partial charge in [0.2, 0.25) is 5.95 Å². The Kier molecular flexibility index (Phi) is 2.49. The summed E-state index contributed by atoms with van der Waals surface area (Å²) in [5.41, 5.74) is 0.633. The summed E-state index contributed by atoms with van der Waals surface area (Å²) < 4.78 is 0. The third kappa shape index (κ3) is 1.77. The summed E-state index contributed by atoms with van der Waals surface area (Å²) in [5.74, 6) is 0.866. The number of nitrogens with one attached hydrogen (secondary N) is 1. The van der Waals surface area contributed by atoms with Crippen molar-refractivity contribution in [2.45, 2.75) is 6.92 Å². The van der Waals surface area contributed by atoms with Gasteiger partial charge in [0.05, 0.1) is 11.9 Å². The number of aryl methyl sites for hydroxylation is 1. The van der Waals surface area contributed by atoms with Crippen LogP contribution in [0.4, 0.5) is 5.95 Å². The van der Waals surface area contributed by atoms with Crippen LogP contribution < -0.4 is 10.2 Å². The molecule has 1 fully saturated rings. The van der Waals surface area contributed by atoms with Crippen LogP contribution in [-0.2, 0) is 0 Å². The van der Waals surface area contributed by atoms with Gasteiger partial charge in [-0.25, -0.2) is 9.97 Å². The van der Waals surface area contributed by atoms with E-state index < -0.39 is 0 Å². The van der Waals surface area contributed by atoms with Gasteiger partial charge in [-0.15, -0.1) is 0 Å². The molecule has 2 N–H and O–H groups in total. The molecule has 1 aliphatic heterocycles. The van der Waals surface area contributed by atoms with Gasteiger partial charge in [-0.3, -0.25) is 0 Å². The summed E-state index contributed by atoms with van der Waals surface area (Å²) in [4.78, 5) is 10.4. The number of piperazine rings is 1. The van der Waals surface area contributed by atoms with Crippen LogP contribution in [0.15, 0.2) is 6.20 Å². The molecule has 1 aromatic heterocycles. The fourth-order valence-electron chi connectivity index (χ4n) is 1.47. The average Bonchev–Trinajstić information content (AvgIpc) is 2.23. The van der Waals surface area contributed by atoms with Gasteiger partial charge < -0.3 is 15.3 Å². The van der Waals surface area contributed by atoms with Crippen LogP contribution in [0.3, 0.4) is 0 Å². The van der Waals surface area contributed by atoms with E-state index in [-0.39, 0.29) is 5.75 Å². The Bertz CT molecular complexity index is 323. The molecule has 0 aromatic carbocycles. The summed E-state index contributed by atoms with van der Waals surface area (Å²) in [6.45, 7) is 5.55. The Balaban J connectivity index is 2.18. The number of hydrogen-bond donors (Lipinski definition) is 2. The van der Waals surface area contributed by atoms with Crippen LogP contribution in [0.2, 0.25) is 0 Å². The van der Waals surface area contributed by atoms with Crippen molar-refractivity contribution in [3.05, 3.63) is 11.9 Å². The zero-order chi connectivity index (χ0) is 9.97. The van der Waals surface area contributed by atoms with E-state index >= 15 is 0 Å². The molecule has 1 aromatic rings. The van der Waals surface area contributed by atoms with Crippen molar-refractivity contribution >= 4 is 5.95 Å². The quantitative estimate of drug-likeness (QED) is 0.653. The Labute approximate surface area is 82.8 Å². The van der Waals surface area contributed by atoms with Gasteiger partial charge >= 0.3 is 0 Å². The Morgan fingerprint density at radius 2 is 2.14 bits per heavy atom. The first-order valence-corrected chi connectivity index (χ1v) is 4.75. The van der Waals surface area contributed by atoms with E-state index in [2.05, 4.69) is 20.2 Å². The molecule has 0 bridgehead atoms. The molecule has 0 spiro atoms. The first kappa shape index (κ1) is 9.21. The Morgan fingerprint density at radius 1 is 1.43 bits per heavy atom. The lowest BCUT2D eigenvalue weighted by Gasteiger charge is -2.27. The maximum absolute atomic E-state index is 9.29. The molecule has 0 aliphatic carbocycles. The summed E-state index contributed by atoms with van der Waals surface area (Å²) in [5, 5.41) is 12.6. The first-order chi connectivity index (χ1) is 6.77. The lowest BCUT2D eigenvalue weighted by molar-refractivity contribution is 0.463. The Morgan fingerprint density at radius 3 is 2.79 bits per heavy atom. The van der Waals surface area contributed by atoms with Gasteiger partial charge in [0, 0.05) is 26.2 Å².